The predicted octanol–water partition coefficient (Wildman–Crippen LogP) is 3.26. The lowest BCUT2D eigenvalue weighted by Crippen LogP contribution is -2.46. The van der Waals surface area contributed by atoms with Crippen molar-refractivity contribution in [3.63, 3.8) is 0 Å². The number of likely N-dealkylation sites (N-methyl/N-ethyl adjacent to an activating group) is 1. The lowest BCUT2D eigenvalue weighted by atomic mass is 10.1. The number of anilines is 1. The summed E-state index contributed by atoms with van der Waals surface area (Å²) in [5.74, 6) is 1.09. The maximum absolute atomic E-state index is 4.62. The molecule has 29 heavy (non-hydrogen) atoms. The molecule has 0 spiro atoms. The third-order valence-corrected chi connectivity index (χ3v) is 5.72. The van der Waals surface area contributed by atoms with Crippen LogP contribution in [0.5, 0.6) is 0 Å². The molecule has 0 aliphatic carbocycles. The van der Waals surface area contributed by atoms with Gasteiger partial charge in [0.05, 0.1) is 5.69 Å². The van der Waals surface area contributed by atoms with E-state index in [1.54, 1.807) is 0 Å². The Bertz CT molecular complexity index is 899. The number of nitrogens with one attached hydrogen (secondary N) is 1. The van der Waals surface area contributed by atoms with E-state index in [4.69, 9.17) is 0 Å². The highest BCUT2D eigenvalue weighted by Crippen LogP contribution is 2.22. The van der Waals surface area contributed by atoms with E-state index in [1.165, 1.54) is 11.1 Å². The summed E-state index contributed by atoms with van der Waals surface area (Å²) >= 11 is 0. The first kappa shape index (κ1) is 19.6. The molecule has 0 radical (unpaired) electrons. The molecule has 1 fully saturated rings. The van der Waals surface area contributed by atoms with Crippen molar-refractivity contribution in [3.8, 4) is 5.69 Å². The average Bonchev–Trinajstić information content (AvgIpc) is 3.32. The number of nitrogens with zero attached hydrogens (tertiary/aromatic N) is 5. The van der Waals surface area contributed by atoms with Gasteiger partial charge in [0.25, 0.3) is 0 Å². The Morgan fingerprint density at radius 3 is 2.62 bits per heavy atom. The van der Waals surface area contributed by atoms with Gasteiger partial charge in [0, 0.05) is 57.4 Å². The molecule has 1 aromatic carbocycles. The van der Waals surface area contributed by atoms with Crippen molar-refractivity contribution in [1.29, 1.82) is 0 Å². The average molecular weight is 391 g/mol. The molecule has 6 nitrogen and oxygen atoms in total. The lowest BCUT2D eigenvalue weighted by Gasteiger charge is -2.34. The summed E-state index contributed by atoms with van der Waals surface area (Å²) in [7, 11) is 0. The van der Waals surface area contributed by atoms with E-state index in [2.05, 4.69) is 75.4 Å². The summed E-state index contributed by atoms with van der Waals surface area (Å²) in [5.41, 5.74) is 3.61. The maximum Gasteiger partial charge on any atom is 0.128 e. The number of para-hydroxylation sites is 1. The Morgan fingerprint density at radius 2 is 1.86 bits per heavy atom. The molecule has 1 aliphatic rings. The summed E-state index contributed by atoms with van der Waals surface area (Å²) in [6, 6.07) is 14.9. The van der Waals surface area contributed by atoms with Gasteiger partial charge in [0.15, 0.2) is 0 Å². The quantitative estimate of drug-likeness (QED) is 0.671. The van der Waals surface area contributed by atoms with E-state index in [1.807, 2.05) is 29.3 Å². The molecule has 1 atom stereocenters. The molecular weight excluding hydrogens is 360 g/mol. The number of aromatic nitrogens is 3. The Morgan fingerprint density at radius 1 is 1.03 bits per heavy atom. The highest BCUT2D eigenvalue weighted by atomic mass is 15.3. The lowest BCUT2D eigenvalue weighted by molar-refractivity contribution is 0.270. The minimum absolute atomic E-state index is 0.208. The maximum atomic E-state index is 4.62. The van der Waals surface area contributed by atoms with Gasteiger partial charge < -0.3 is 15.1 Å². The second kappa shape index (κ2) is 9.20. The highest BCUT2D eigenvalue weighted by Gasteiger charge is 2.17. The van der Waals surface area contributed by atoms with Crippen molar-refractivity contribution in [2.75, 3.05) is 37.6 Å². The van der Waals surface area contributed by atoms with Crippen LogP contribution in [0.2, 0.25) is 0 Å². The van der Waals surface area contributed by atoms with Gasteiger partial charge >= 0.3 is 0 Å². The van der Waals surface area contributed by atoms with Crippen LogP contribution < -0.4 is 10.2 Å². The smallest absolute Gasteiger partial charge is 0.128 e. The van der Waals surface area contributed by atoms with Crippen LogP contribution in [0, 0.1) is 0 Å². The van der Waals surface area contributed by atoms with Crippen LogP contribution in [0.1, 0.15) is 31.0 Å². The fourth-order valence-electron chi connectivity index (χ4n) is 3.89. The number of rotatable bonds is 7. The largest absolute Gasteiger partial charge is 0.354 e. The molecule has 3 heterocycles. The minimum Gasteiger partial charge on any atom is -0.354 e. The van der Waals surface area contributed by atoms with Gasteiger partial charge in [0.2, 0.25) is 0 Å². The van der Waals surface area contributed by atoms with Gasteiger partial charge in [-0.2, -0.15) is 5.10 Å². The number of benzene rings is 1. The molecule has 0 amide bonds. The van der Waals surface area contributed by atoms with Crippen LogP contribution in [-0.2, 0) is 6.54 Å². The molecule has 0 bridgehead atoms. The molecule has 1 aliphatic heterocycles. The fraction of sp³-hybridized carbons (Fsp3) is 0.391. The Kier molecular flexibility index (Phi) is 6.22. The third-order valence-electron chi connectivity index (χ3n) is 5.72. The summed E-state index contributed by atoms with van der Waals surface area (Å²) in [6.45, 7) is 10.7. The zero-order valence-corrected chi connectivity index (χ0v) is 17.3. The van der Waals surface area contributed by atoms with Gasteiger partial charge in [-0.05, 0) is 48.9 Å². The van der Waals surface area contributed by atoms with Gasteiger partial charge in [-0.15, -0.1) is 0 Å². The van der Waals surface area contributed by atoms with Crippen LogP contribution in [0.3, 0.4) is 0 Å². The van der Waals surface area contributed by atoms with E-state index >= 15 is 0 Å². The van der Waals surface area contributed by atoms with E-state index in [9.17, 15) is 0 Å². The number of piperazine rings is 1. The number of pyridine rings is 1. The van der Waals surface area contributed by atoms with E-state index < -0.39 is 0 Å². The van der Waals surface area contributed by atoms with Crippen molar-refractivity contribution >= 4 is 5.82 Å². The molecular formula is C23H30N6. The first-order chi connectivity index (χ1) is 14.2. The molecule has 6 heteroatoms. The highest BCUT2D eigenvalue weighted by molar-refractivity contribution is 5.43. The molecule has 1 N–H and O–H groups in total. The fourth-order valence-corrected chi connectivity index (χ4v) is 3.89. The molecule has 3 aromatic rings. The third kappa shape index (κ3) is 4.66. The summed E-state index contributed by atoms with van der Waals surface area (Å²) in [4.78, 5) is 9.50. The van der Waals surface area contributed by atoms with Gasteiger partial charge in [-0.3, -0.25) is 0 Å². The molecule has 4 rings (SSSR count). The predicted molar refractivity (Wildman–Crippen MR) is 117 cm³/mol. The van der Waals surface area contributed by atoms with E-state index in [0.717, 1.165) is 50.8 Å². The Labute approximate surface area is 173 Å². The monoisotopic (exact) mass is 390 g/mol. The second-order valence-electron chi connectivity index (χ2n) is 7.56. The minimum atomic E-state index is 0.208. The van der Waals surface area contributed by atoms with Crippen LogP contribution in [-0.4, -0.2) is 52.4 Å². The van der Waals surface area contributed by atoms with Gasteiger partial charge in [-0.1, -0.05) is 25.1 Å². The topological polar surface area (TPSA) is 49.2 Å². The second-order valence-corrected chi connectivity index (χ2v) is 7.56. The summed E-state index contributed by atoms with van der Waals surface area (Å²) in [6.07, 6.45) is 5.73. The molecule has 0 saturated carbocycles. The Hall–Kier alpha value is -2.70. The van der Waals surface area contributed by atoms with Crippen molar-refractivity contribution in [2.45, 2.75) is 26.4 Å². The molecule has 1 saturated heterocycles. The molecule has 2 aromatic heterocycles. The van der Waals surface area contributed by atoms with Crippen LogP contribution in [0.15, 0.2) is 61.1 Å². The zero-order valence-electron chi connectivity index (χ0n) is 17.3. The molecule has 0 unspecified atom stereocenters. The van der Waals surface area contributed by atoms with Gasteiger partial charge in [0.1, 0.15) is 5.82 Å². The zero-order chi connectivity index (χ0) is 20.1. The van der Waals surface area contributed by atoms with Crippen LogP contribution >= 0.6 is 0 Å². The normalized spacial score (nSPS) is 16.1. The van der Waals surface area contributed by atoms with Crippen LogP contribution in [0.25, 0.3) is 5.69 Å². The SMILES string of the molecule is CCN1CCN(c2cc(CN[C@@H](C)c3ccccc3-n3cccn3)ccn2)CC1. The summed E-state index contributed by atoms with van der Waals surface area (Å²) in [5, 5.41) is 8.06. The Balaban J connectivity index is 1.41. The number of hydrogen-bond donors (Lipinski definition) is 1. The van der Waals surface area contributed by atoms with Crippen molar-refractivity contribution in [3.05, 3.63) is 72.2 Å². The van der Waals surface area contributed by atoms with E-state index in [-0.39, 0.29) is 6.04 Å². The first-order valence-electron chi connectivity index (χ1n) is 10.5. The van der Waals surface area contributed by atoms with Crippen molar-refractivity contribution < 1.29 is 0 Å². The first-order valence-corrected chi connectivity index (χ1v) is 10.5. The van der Waals surface area contributed by atoms with Gasteiger partial charge in [-0.25, -0.2) is 9.67 Å². The standard InChI is InChI=1S/C23H30N6/c1-3-27-13-15-28(16-14-27)23-17-20(9-11-24-23)18-25-19(2)21-7-4-5-8-22(21)29-12-6-10-26-29/h4-12,17,19,25H,3,13-16,18H2,1-2H3/t19-/m0/s1. The van der Waals surface area contributed by atoms with Crippen molar-refractivity contribution in [2.24, 2.45) is 0 Å². The number of hydrogen-bond acceptors (Lipinski definition) is 5. The van der Waals surface area contributed by atoms with E-state index in [0.29, 0.717) is 0 Å². The summed E-state index contributed by atoms with van der Waals surface area (Å²) < 4.78 is 1.92. The molecule has 152 valence electrons. The van der Waals surface area contributed by atoms with Crippen LogP contribution in [0.4, 0.5) is 5.82 Å². The van der Waals surface area contributed by atoms with Crippen molar-refractivity contribution in [1.82, 2.24) is 25.0 Å².